The molecule has 0 spiro atoms. The summed E-state index contributed by atoms with van der Waals surface area (Å²) in [6.45, 7) is 5.68. The number of nitrogens with two attached hydrogens (primary N) is 1. The quantitative estimate of drug-likeness (QED) is 0.743. The van der Waals surface area contributed by atoms with Crippen molar-refractivity contribution >= 4 is 5.91 Å². The van der Waals surface area contributed by atoms with Crippen LogP contribution in [0.5, 0.6) is 0 Å². The fourth-order valence-corrected chi connectivity index (χ4v) is 1.58. The summed E-state index contributed by atoms with van der Waals surface area (Å²) in [6.07, 6.45) is 6.55. The van der Waals surface area contributed by atoms with E-state index in [9.17, 15) is 4.79 Å². The van der Waals surface area contributed by atoms with Gasteiger partial charge in [-0.1, -0.05) is 19.6 Å². The Labute approximate surface area is 96.4 Å². The summed E-state index contributed by atoms with van der Waals surface area (Å²) in [7, 11) is 0. The van der Waals surface area contributed by atoms with E-state index < -0.39 is 5.91 Å². The smallest absolute Gasteiger partial charge is 0.244 e. The molecular weight excluding hydrogens is 200 g/mol. The molecule has 0 aliphatic carbocycles. The van der Waals surface area contributed by atoms with Crippen molar-refractivity contribution in [3.05, 3.63) is 42.2 Å². The van der Waals surface area contributed by atoms with Crippen molar-refractivity contribution in [1.29, 1.82) is 0 Å². The van der Waals surface area contributed by atoms with Crippen LogP contribution in [-0.4, -0.2) is 10.9 Å². The number of pyridine rings is 1. The molecule has 0 saturated heterocycles. The highest BCUT2D eigenvalue weighted by molar-refractivity contribution is 5.91. The zero-order chi connectivity index (χ0) is 12.0. The molecule has 1 heterocycles. The van der Waals surface area contributed by atoms with Gasteiger partial charge in [0.2, 0.25) is 5.91 Å². The van der Waals surface area contributed by atoms with E-state index in [0.717, 1.165) is 19.3 Å². The van der Waals surface area contributed by atoms with Gasteiger partial charge < -0.3 is 5.73 Å². The molecule has 0 aliphatic heterocycles. The molecule has 0 aromatic carbocycles. The first-order chi connectivity index (χ1) is 7.61. The lowest BCUT2D eigenvalue weighted by Gasteiger charge is -2.11. The first kappa shape index (κ1) is 12.4. The topological polar surface area (TPSA) is 56.0 Å². The summed E-state index contributed by atoms with van der Waals surface area (Å²) >= 11 is 0. The predicted molar refractivity (Wildman–Crippen MR) is 64.7 cm³/mol. The zero-order valence-corrected chi connectivity index (χ0v) is 9.65. The van der Waals surface area contributed by atoms with Crippen LogP contribution in [0.25, 0.3) is 0 Å². The van der Waals surface area contributed by atoms with Crippen molar-refractivity contribution in [3.8, 4) is 0 Å². The van der Waals surface area contributed by atoms with Crippen LogP contribution in [0.1, 0.15) is 25.3 Å². The maximum absolute atomic E-state index is 10.9. The Morgan fingerprint density at radius 3 is 2.94 bits per heavy atom. The third kappa shape index (κ3) is 3.85. The summed E-state index contributed by atoms with van der Waals surface area (Å²) in [5.74, 6) is -0.233. The summed E-state index contributed by atoms with van der Waals surface area (Å²) < 4.78 is 0. The summed E-state index contributed by atoms with van der Waals surface area (Å²) in [5, 5.41) is 0. The number of rotatable bonds is 6. The molecule has 0 saturated carbocycles. The van der Waals surface area contributed by atoms with E-state index >= 15 is 0 Å². The molecule has 1 amide bonds. The first-order valence-corrected chi connectivity index (χ1v) is 5.48. The number of hydrogen-bond acceptors (Lipinski definition) is 2. The van der Waals surface area contributed by atoms with E-state index in [1.54, 1.807) is 6.20 Å². The molecule has 1 rings (SSSR count). The molecule has 16 heavy (non-hydrogen) atoms. The van der Waals surface area contributed by atoms with E-state index in [4.69, 9.17) is 5.73 Å². The third-order valence-electron chi connectivity index (χ3n) is 2.74. The normalized spacial score (nSPS) is 12.1. The summed E-state index contributed by atoms with van der Waals surface area (Å²) in [6, 6.07) is 3.99. The average Bonchev–Trinajstić information content (AvgIpc) is 2.29. The highest BCUT2D eigenvalue weighted by Gasteiger charge is 2.10. The van der Waals surface area contributed by atoms with Gasteiger partial charge in [0.25, 0.3) is 0 Å². The van der Waals surface area contributed by atoms with Crippen LogP contribution in [0.2, 0.25) is 0 Å². The van der Waals surface area contributed by atoms with Gasteiger partial charge in [-0.2, -0.15) is 0 Å². The largest absolute Gasteiger partial charge is 0.366 e. The fraction of sp³-hybridized carbons (Fsp3) is 0.385. The predicted octanol–water partition coefficient (Wildman–Crippen LogP) is 2.08. The lowest BCUT2D eigenvalue weighted by atomic mass is 9.95. The van der Waals surface area contributed by atoms with Crippen LogP contribution >= 0.6 is 0 Å². The molecular formula is C13H18N2O. The second-order valence-corrected chi connectivity index (χ2v) is 4.04. The highest BCUT2D eigenvalue weighted by atomic mass is 16.1. The van der Waals surface area contributed by atoms with Crippen molar-refractivity contribution in [3.63, 3.8) is 0 Å². The van der Waals surface area contributed by atoms with Crippen molar-refractivity contribution in [2.24, 2.45) is 11.7 Å². The highest BCUT2D eigenvalue weighted by Crippen LogP contribution is 2.16. The lowest BCUT2D eigenvalue weighted by Crippen LogP contribution is -2.18. The van der Waals surface area contributed by atoms with Gasteiger partial charge in [0, 0.05) is 18.0 Å². The maximum Gasteiger partial charge on any atom is 0.244 e. The van der Waals surface area contributed by atoms with Gasteiger partial charge in [0.1, 0.15) is 0 Å². The Balaban J connectivity index is 2.31. The molecule has 0 aliphatic rings. The Hall–Kier alpha value is -1.64. The number of carbonyl (C=O) groups is 1. The molecule has 0 radical (unpaired) electrons. The first-order valence-electron chi connectivity index (χ1n) is 5.48. The minimum absolute atomic E-state index is 0.161. The van der Waals surface area contributed by atoms with Gasteiger partial charge in [-0.15, -0.1) is 0 Å². The van der Waals surface area contributed by atoms with Crippen LogP contribution in [0.3, 0.4) is 0 Å². The van der Waals surface area contributed by atoms with Crippen LogP contribution in [0, 0.1) is 5.92 Å². The van der Waals surface area contributed by atoms with Crippen LogP contribution in [-0.2, 0) is 11.2 Å². The number of aryl methyl sites for hydroxylation is 1. The zero-order valence-electron chi connectivity index (χ0n) is 9.65. The monoisotopic (exact) mass is 218 g/mol. The number of amides is 1. The second kappa shape index (κ2) is 6.05. The average molecular weight is 218 g/mol. The van der Waals surface area contributed by atoms with Gasteiger partial charge in [-0.3, -0.25) is 9.78 Å². The number of hydrogen-bond donors (Lipinski definition) is 1. The molecule has 86 valence electrons. The molecule has 3 nitrogen and oxygen atoms in total. The van der Waals surface area contributed by atoms with E-state index in [0.29, 0.717) is 5.57 Å². The Kier molecular flexibility index (Phi) is 4.70. The standard InChI is InChI=1S/C13H18N2O/c1-10(11(2)13(14)16)5-3-6-12-7-4-8-15-9-12/h4,7-10H,2-3,5-6H2,1H3,(H2,14,16). The van der Waals surface area contributed by atoms with Crippen molar-refractivity contribution in [2.45, 2.75) is 26.2 Å². The SMILES string of the molecule is C=C(C(N)=O)C(C)CCCc1cccnc1. The van der Waals surface area contributed by atoms with Gasteiger partial charge in [-0.25, -0.2) is 0 Å². The molecule has 1 aromatic heterocycles. The molecule has 3 heteroatoms. The van der Waals surface area contributed by atoms with Gasteiger partial charge in [0.05, 0.1) is 0 Å². The van der Waals surface area contributed by atoms with Crippen LogP contribution in [0.4, 0.5) is 0 Å². The van der Waals surface area contributed by atoms with Gasteiger partial charge in [0.15, 0.2) is 0 Å². The third-order valence-corrected chi connectivity index (χ3v) is 2.74. The van der Waals surface area contributed by atoms with E-state index in [1.807, 2.05) is 19.2 Å². The van der Waals surface area contributed by atoms with Gasteiger partial charge in [-0.05, 0) is 36.8 Å². The van der Waals surface area contributed by atoms with Crippen molar-refractivity contribution in [2.75, 3.05) is 0 Å². The number of primary amides is 1. The maximum atomic E-state index is 10.9. The molecule has 1 aromatic rings. The van der Waals surface area contributed by atoms with E-state index in [1.165, 1.54) is 5.56 Å². The van der Waals surface area contributed by atoms with Crippen molar-refractivity contribution in [1.82, 2.24) is 4.98 Å². The number of aromatic nitrogens is 1. The van der Waals surface area contributed by atoms with E-state index in [2.05, 4.69) is 17.6 Å². The fourth-order valence-electron chi connectivity index (χ4n) is 1.58. The second-order valence-electron chi connectivity index (χ2n) is 4.04. The van der Waals surface area contributed by atoms with Crippen LogP contribution < -0.4 is 5.73 Å². The molecule has 2 N–H and O–H groups in total. The number of carbonyl (C=O) groups excluding carboxylic acids is 1. The Morgan fingerprint density at radius 1 is 1.62 bits per heavy atom. The Bertz CT molecular complexity index is 359. The van der Waals surface area contributed by atoms with Gasteiger partial charge >= 0.3 is 0 Å². The Morgan fingerprint density at radius 2 is 2.38 bits per heavy atom. The lowest BCUT2D eigenvalue weighted by molar-refractivity contribution is -0.115. The van der Waals surface area contributed by atoms with Crippen molar-refractivity contribution < 1.29 is 4.79 Å². The number of nitrogens with zero attached hydrogens (tertiary/aromatic N) is 1. The van der Waals surface area contributed by atoms with Crippen LogP contribution in [0.15, 0.2) is 36.7 Å². The minimum Gasteiger partial charge on any atom is -0.366 e. The van der Waals surface area contributed by atoms with E-state index in [-0.39, 0.29) is 5.92 Å². The molecule has 1 atom stereocenters. The summed E-state index contributed by atoms with van der Waals surface area (Å²) in [5.41, 5.74) is 6.91. The molecule has 1 unspecified atom stereocenters. The molecule has 0 fully saturated rings. The minimum atomic E-state index is -0.395. The molecule has 0 bridgehead atoms. The summed E-state index contributed by atoms with van der Waals surface area (Å²) in [4.78, 5) is 14.9.